The smallest absolute Gasteiger partial charge is 0.152 e. The summed E-state index contributed by atoms with van der Waals surface area (Å²) in [6.07, 6.45) is 1.12. The molecule has 0 amide bonds. The third-order valence-electron chi connectivity index (χ3n) is 1.39. The topological polar surface area (TPSA) is 66.7 Å². The molecule has 0 saturated heterocycles. The second kappa shape index (κ2) is 3.43. The summed E-state index contributed by atoms with van der Waals surface area (Å²) in [4.78, 5) is 0. The first-order valence-corrected chi connectivity index (χ1v) is 5.62. The molecule has 0 rings (SSSR count). The van der Waals surface area contributed by atoms with Crippen molar-refractivity contribution in [2.45, 2.75) is 20.8 Å². The fraction of sp³-hybridized carbons (Fsp3) is 0.857. The Hall–Kier alpha value is -0.580. The fourth-order valence-electron chi connectivity index (χ4n) is 0.644. The van der Waals surface area contributed by atoms with Crippen LogP contribution in [-0.2, 0) is 9.84 Å². The lowest BCUT2D eigenvalue weighted by molar-refractivity contribution is 0.310. The molecule has 0 fully saturated rings. The average Bonchev–Trinajstić information content (AvgIpc) is 1.78. The zero-order valence-corrected chi connectivity index (χ0v) is 8.64. The molecule has 0 bridgehead atoms. The molecule has 0 aromatic carbocycles. The van der Waals surface area contributed by atoms with Crippen LogP contribution in [0.4, 0.5) is 0 Å². The van der Waals surface area contributed by atoms with Crippen molar-refractivity contribution in [1.82, 2.24) is 0 Å². The van der Waals surface area contributed by atoms with E-state index in [1.54, 1.807) is 20.8 Å². The fourth-order valence-corrected chi connectivity index (χ4v) is 1.63. The molecule has 4 nitrogen and oxygen atoms in total. The van der Waals surface area contributed by atoms with E-state index in [0.29, 0.717) is 0 Å². The van der Waals surface area contributed by atoms with Gasteiger partial charge in [0.2, 0.25) is 0 Å². The standard InChI is InChI=1S/C7H15NO3S/c1-7(2,3)6(8-9)5-12(4,10)11/h9H,5H2,1-4H3/b8-6-. The Morgan fingerprint density at radius 3 is 1.92 bits per heavy atom. The summed E-state index contributed by atoms with van der Waals surface area (Å²) < 4.78 is 21.7. The third kappa shape index (κ3) is 4.33. The molecule has 0 unspecified atom stereocenters. The van der Waals surface area contributed by atoms with Crippen molar-refractivity contribution in [1.29, 1.82) is 0 Å². The summed E-state index contributed by atoms with van der Waals surface area (Å²) in [5, 5.41) is 11.5. The zero-order valence-electron chi connectivity index (χ0n) is 7.83. The Balaban J connectivity index is 4.66. The summed E-state index contributed by atoms with van der Waals surface area (Å²) in [5.41, 5.74) is -0.123. The van der Waals surface area contributed by atoms with Gasteiger partial charge in [0.15, 0.2) is 9.84 Å². The van der Waals surface area contributed by atoms with E-state index in [4.69, 9.17) is 5.21 Å². The van der Waals surface area contributed by atoms with E-state index in [-0.39, 0.29) is 11.5 Å². The maximum Gasteiger partial charge on any atom is 0.152 e. The van der Waals surface area contributed by atoms with E-state index in [1.165, 1.54) is 0 Å². The number of nitrogens with zero attached hydrogens (tertiary/aromatic N) is 1. The maximum absolute atomic E-state index is 10.9. The minimum atomic E-state index is -3.11. The highest BCUT2D eigenvalue weighted by atomic mass is 32.2. The number of oxime groups is 1. The largest absolute Gasteiger partial charge is 0.411 e. The lowest BCUT2D eigenvalue weighted by atomic mass is 9.91. The minimum Gasteiger partial charge on any atom is -0.411 e. The van der Waals surface area contributed by atoms with E-state index in [9.17, 15) is 8.42 Å². The first-order chi connectivity index (χ1) is 5.17. The van der Waals surface area contributed by atoms with E-state index >= 15 is 0 Å². The van der Waals surface area contributed by atoms with Crippen LogP contribution in [0.3, 0.4) is 0 Å². The summed E-state index contributed by atoms with van der Waals surface area (Å²) in [7, 11) is -3.11. The van der Waals surface area contributed by atoms with Crippen molar-refractivity contribution in [2.75, 3.05) is 12.0 Å². The summed E-state index contributed by atoms with van der Waals surface area (Å²) in [5.74, 6) is -0.188. The Kier molecular flexibility index (Phi) is 3.26. The highest BCUT2D eigenvalue weighted by molar-refractivity contribution is 7.91. The number of rotatable bonds is 2. The first kappa shape index (κ1) is 11.4. The maximum atomic E-state index is 10.9. The average molecular weight is 193 g/mol. The van der Waals surface area contributed by atoms with Gasteiger partial charge < -0.3 is 5.21 Å². The second-order valence-electron chi connectivity index (χ2n) is 3.87. The predicted octanol–water partition coefficient (Wildman–Crippen LogP) is 0.907. The van der Waals surface area contributed by atoms with E-state index in [2.05, 4.69) is 5.16 Å². The van der Waals surface area contributed by atoms with Gasteiger partial charge in [-0.05, 0) is 0 Å². The Bertz CT molecular complexity index is 272. The molecule has 12 heavy (non-hydrogen) atoms. The van der Waals surface area contributed by atoms with E-state index in [1.807, 2.05) is 0 Å². The van der Waals surface area contributed by atoms with Gasteiger partial charge in [0, 0.05) is 11.7 Å². The summed E-state index contributed by atoms with van der Waals surface area (Å²) >= 11 is 0. The first-order valence-electron chi connectivity index (χ1n) is 3.56. The highest BCUT2D eigenvalue weighted by Gasteiger charge is 2.23. The molecule has 0 aliphatic rings. The zero-order chi connectivity index (χ0) is 9.99. The van der Waals surface area contributed by atoms with E-state index < -0.39 is 15.3 Å². The van der Waals surface area contributed by atoms with Crippen LogP contribution >= 0.6 is 0 Å². The molecule has 0 saturated carbocycles. The summed E-state index contributed by atoms with van der Waals surface area (Å²) in [6.45, 7) is 5.40. The molecule has 0 heterocycles. The molecule has 0 aliphatic heterocycles. The molecule has 0 aromatic rings. The van der Waals surface area contributed by atoms with Crippen LogP contribution in [-0.4, -0.2) is 31.3 Å². The van der Waals surface area contributed by atoms with Gasteiger partial charge in [0.25, 0.3) is 0 Å². The number of sulfone groups is 1. The van der Waals surface area contributed by atoms with Gasteiger partial charge in [-0.15, -0.1) is 0 Å². The van der Waals surface area contributed by atoms with Gasteiger partial charge in [0.05, 0.1) is 11.5 Å². The molecular formula is C7H15NO3S. The van der Waals surface area contributed by atoms with Crippen molar-refractivity contribution < 1.29 is 13.6 Å². The molecule has 0 aromatic heterocycles. The molecule has 1 N–H and O–H groups in total. The van der Waals surface area contributed by atoms with Gasteiger partial charge >= 0.3 is 0 Å². The van der Waals surface area contributed by atoms with Crippen molar-refractivity contribution in [3.63, 3.8) is 0 Å². The van der Waals surface area contributed by atoms with Crippen LogP contribution in [0.1, 0.15) is 20.8 Å². The lowest BCUT2D eigenvalue weighted by Gasteiger charge is -2.18. The van der Waals surface area contributed by atoms with Gasteiger partial charge in [-0.2, -0.15) is 0 Å². The lowest BCUT2D eigenvalue weighted by Crippen LogP contribution is -2.27. The second-order valence-corrected chi connectivity index (χ2v) is 6.01. The molecular weight excluding hydrogens is 178 g/mol. The van der Waals surface area contributed by atoms with Crippen molar-refractivity contribution >= 4 is 15.5 Å². The van der Waals surface area contributed by atoms with Gasteiger partial charge in [-0.3, -0.25) is 0 Å². The van der Waals surface area contributed by atoms with Gasteiger partial charge in [-0.25, -0.2) is 8.42 Å². The van der Waals surface area contributed by atoms with Gasteiger partial charge in [-0.1, -0.05) is 25.9 Å². The Labute approximate surface area is 73.2 Å². The molecule has 0 radical (unpaired) electrons. The highest BCUT2D eigenvalue weighted by Crippen LogP contribution is 2.16. The summed E-state index contributed by atoms with van der Waals surface area (Å²) in [6, 6.07) is 0. The molecule has 0 atom stereocenters. The van der Waals surface area contributed by atoms with Crippen LogP contribution < -0.4 is 0 Å². The van der Waals surface area contributed by atoms with E-state index in [0.717, 1.165) is 6.26 Å². The minimum absolute atomic E-state index is 0.188. The normalized spacial score (nSPS) is 14.8. The molecule has 72 valence electrons. The van der Waals surface area contributed by atoms with Crippen LogP contribution in [0.15, 0.2) is 5.16 Å². The third-order valence-corrected chi connectivity index (χ3v) is 2.18. The monoisotopic (exact) mass is 193 g/mol. The van der Waals surface area contributed by atoms with Crippen LogP contribution in [0.5, 0.6) is 0 Å². The molecule has 0 spiro atoms. The van der Waals surface area contributed by atoms with Crippen molar-refractivity contribution in [2.24, 2.45) is 10.6 Å². The van der Waals surface area contributed by atoms with Crippen LogP contribution in [0.2, 0.25) is 0 Å². The Morgan fingerprint density at radius 1 is 1.42 bits per heavy atom. The van der Waals surface area contributed by atoms with Crippen LogP contribution in [0, 0.1) is 5.41 Å². The van der Waals surface area contributed by atoms with Crippen LogP contribution in [0.25, 0.3) is 0 Å². The molecule has 0 aliphatic carbocycles. The number of hydrogen-bond donors (Lipinski definition) is 1. The van der Waals surface area contributed by atoms with Crippen molar-refractivity contribution in [3.05, 3.63) is 0 Å². The van der Waals surface area contributed by atoms with Gasteiger partial charge in [0.1, 0.15) is 0 Å². The number of hydrogen-bond acceptors (Lipinski definition) is 4. The SMILES string of the molecule is CC(C)(C)/C(CS(C)(=O)=O)=N\O. The quantitative estimate of drug-likeness (QED) is 0.402. The molecule has 5 heteroatoms. The predicted molar refractivity (Wildman–Crippen MR) is 48.4 cm³/mol. The van der Waals surface area contributed by atoms with Crippen molar-refractivity contribution in [3.8, 4) is 0 Å². The Morgan fingerprint density at radius 2 is 1.83 bits per heavy atom.